The van der Waals surface area contributed by atoms with Crippen LogP contribution >= 0.6 is 0 Å². The number of hydrogen-bond donors (Lipinski definition) is 2. The summed E-state index contributed by atoms with van der Waals surface area (Å²) >= 11 is 0. The van der Waals surface area contributed by atoms with E-state index in [-0.39, 0.29) is 0 Å². The Kier molecular flexibility index (Phi) is 2.19. The highest BCUT2D eigenvalue weighted by Crippen LogP contribution is 2.13. The molecule has 3 nitrogen and oxygen atoms in total. The first-order chi connectivity index (χ1) is 6.40. The van der Waals surface area contributed by atoms with E-state index >= 15 is 0 Å². The molecule has 0 aromatic heterocycles. The van der Waals surface area contributed by atoms with Crippen LogP contribution in [0.25, 0.3) is 5.70 Å². The maximum Gasteiger partial charge on any atom is 0.0751 e. The molecule has 0 spiro atoms. The first kappa shape index (κ1) is 8.13. The van der Waals surface area contributed by atoms with Crippen molar-refractivity contribution in [2.24, 2.45) is 0 Å². The minimum atomic E-state index is 0.948. The fourth-order valence-corrected chi connectivity index (χ4v) is 1.29. The quantitative estimate of drug-likeness (QED) is 0.710. The number of rotatable bonds is 2. The summed E-state index contributed by atoms with van der Waals surface area (Å²) in [5, 5.41) is 2.00. The summed E-state index contributed by atoms with van der Waals surface area (Å²) in [6.07, 6.45) is 2.06. The molecule has 0 aliphatic carbocycles. The van der Waals surface area contributed by atoms with E-state index in [2.05, 4.69) is 36.2 Å². The molecule has 0 bridgehead atoms. The van der Waals surface area contributed by atoms with E-state index in [9.17, 15) is 0 Å². The fourth-order valence-electron chi connectivity index (χ4n) is 1.29. The molecule has 0 saturated heterocycles. The standard InChI is InChI=1S/C10H13N3/c1-2-13-8-10(11-12-13)9-6-4-3-5-7-9/h3-8,11-12H,2H2,1H3. The number of hydrazine groups is 2. The van der Waals surface area contributed by atoms with Gasteiger partial charge in [0.1, 0.15) is 0 Å². The molecule has 1 aromatic carbocycles. The highest BCUT2D eigenvalue weighted by atomic mass is 15.7. The molecule has 68 valence electrons. The van der Waals surface area contributed by atoms with Crippen molar-refractivity contribution in [3.05, 3.63) is 42.1 Å². The summed E-state index contributed by atoms with van der Waals surface area (Å²) in [5.41, 5.74) is 8.47. The molecule has 0 radical (unpaired) electrons. The third-order valence-corrected chi connectivity index (χ3v) is 2.04. The van der Waals surface area contributed by atoms with Gasteiger partial charge in [0.25, 0.3) is 0 Å². The largest absolute Gasteiger partial charge is 0.302 e. The van der Waals surface area contributed by atoms with Gasteiger partial charge in [0.2, 0.25) is 0 Å². The van der Waals surface area contributed by atoms with Crippen LogP contribution in [0, 0.1) is 0 Å². The van der Waals surface area contributed by atoms with Crippen molar-refractivity contribution < 1.29 is 0 Å². The summed E-state index contributed by atoms with van der Waals surface area (Å²) in [7, 11) is 0. The Morgan fingerprint density at radius 2 is 2.00 bits per heavy atom. The Morgan fingerprint density at radius 3 is 2.62 bits per heavy atom. The normalized spacial score (nSPS) is 15.5. The number of hydrogen-bond acceptors (Lipinski definition) is 3. The summed E-state index contributed by atoms with van der Waals surface area (Å²) < 4.78 is 0. The van der Waals surface area contributed by atoms with Gasteiger partial charge < -0.3 is 5.43 Å². The van der Waals surface area contributed by atoms with E-state index in [0.717, 1.165) is 12.2 Å². The molecule has 1 heterocycles. The van der Waals surface area contributed by atoms with E-state index in [4.69, 9.17) is 0 Å². The lowest BCUT2D eigenvalue weighted by Gasteiger charge is -2.10. The monoisotopic (exact) mass is 175 g/mol. The van der Waals surface area contributed by atoms with E-state index in [0.29, 0.717) is 0 Å². The molecule has 13 heavy (non-hydrogen) atoms. The third kappa shape index (κ3) is 1.65. The zero-order valence-electron chi connectivity index (χ0n) is 7.62. The van der Waals surface area contributed by atoms with Crippen LogP contribution in [0.3, 0.4) is 0 Å². The highest BCUT2D eigenvalue weighted by molar-refractivity contribution is 5.64. The van der Waals surface area contributed by atoms with Gasteiger partial charge in [-0.1, -0.05) is 30.3 Å². The average molecular weight is 175 g/mol. The molecule has 0 unspecified atom stereocenters. The van der Waals surface area contributed by atoms with Crippen LogP contribution < -0.4 is 11.0 Å². The van der Waals surface area contributed by atoms with E-state index in [1.165, 1.54) is 5.56 Å². The van der Waals surface area contributed by atoms with Crippen LogP contribution in [0.1, 0.15) is 12.5 Å². The zero-order chi connectivity index (χ0) is 9.10. The molecule has 0 saturated carbocycles. The van der Waals surface area contributed by atoms with Crippen molar-refractivity contribution in [1.29, 1.82) is 0 Å². The molecule has 1 aliphatic heterocycles. The van der Waals surface area contributed by atoms with Crippen LogP contribution in [-0.4, -0.2) is 11.6 Å². The van der Waals surface area contributed by atoms with Gasteiger partial charge in [0.15, 0.2) is 0 Å². The Bertz CT molecular complexity index is 305. The van der Waals surface area contributed by atoms with Gasteiger partial charge in [-0.25, -0.2) is 0 Å². The summed E-state index contributed by atoms with van der Waals surface area (Å²) in [4.78, 5) is 0. The maximum absolute atomic E-state index is 3.11. The summed E-state index contributed by atoms with van der Waals surface area (Å²) in [6.45, 7) is 3.04. The SMILES string of the molecule is CCN1C=C(c2ccccc2)NN1. The summed E-state index contributed by atoms with van der Waals surface area (Å²) in [6, 6.07) is 10.3. The molecule has 1 aliphatic rings. The van der Waals surface area contributed by atoms with Gasteiger partial charge in [-0.2, -0.15) is 0 Å². The van der Waals surface area contributed by atoms with Crippen LogP contribution in [0.5, 0.6) is 0 Å². The lowest BCUT2D eigenvalue weighted by molar-refractivity contribution is 0.287. The molecule has 2 rings (SSSR count). The minimum absolute atomic E-state index is 0.948. The van der Waals surface area contributed by atoms with Crippen LogP contribution in [0.4, 0.5) is 0 Å². The lowest BCUT2D eigenvalue weighted by atomic mass is 10.2. The van der Waals surface area contributed by atoms with Crippen molar-refractivity contribution in [1.82, 2.24) is 16.0 Å². The first-order valence-corrected chi connectivity index (χ1v) is 4.45. The van der Waals surface area contributed by atoms with E-state index < -0.39 is 0 Å². The fraction of sp³-hybridized carbons (Fsp3) is 0.200. The van der Waals surface area contributed by atoms with E-state index in [1.54, 1.807) is 0 Å². The second-order valence-electron chi connectivity index (χ2n) is 2.93. The lowest BCUT2D eigenvalue weighted by Crippen LogP contribution is -2.35. The second kappa shape index (κ2) is 3.49. The van der Waals surface area contributed by atoms with E-state index in [1.807, 2.05) is 23.2 Å². The minimum Gasteiger partial charge on any atom is -0.302 e. The Morgan fingerprint density at radius 1 is 1.23 bits per heavy atom. The van der Waals surface area contributed by atoms with Gasteiger partial charge in [-0.15, -0.1) is 5.53 Å². The predicted molar refractivity (Wildman–Crippen MR) is 53.1 cm³/mol. The van der Waals surface area contributed by atoms with Gasteiger partial charge in [-0.3, -0.25) is 5.01 Å². The Hall–Kier alpha value is -1.48. The van der Waals surface area contributed by atoms with Gasteiger partial charge in [0.05, 0.1) is 5.70 Å². The average Bonchev–Trinajstić information content (AvgIpc) is 2.67. The third-order valence-electron chi connectivity index (χ3n) is 2.04. The van der Waals surface area contributed by atoms with Crippen molar-refractivity contribution in [2.45, 2.75) is 6.92 Å². The molecule has 1 aromatic rings. The molecular weight excluding hydrogens is 162 g/mol. The summed E-state index contributed by atoms with van der Waals surface area (Å²) in [5.74, 6) is 0. The second-order valence-corrected chi connectivity index (χ2v) is 2.93. The van der Waals surface area contributed by atoms with Gasteiger partial charge >= 0.3 is 0 Å². The first-order valence-electron chi connectivity index (χ1n) is 4.45. The van der Waals surface area contributed by atoms with Crippen molar-refractivity contribution >= 4 is 5.70 Å². The van der Waals surface area contributed by atoms with Gasteiger partial charge in [-0.05, 0) is 6.92 Å². The number of nitrogens with one attached hydrogen (secondary N) is 2. The van der Waals surface area contributed by atoms with Crippen LogP contribution in [0.2, 0.25) is 0 Å². The van der Waals surface area contributed by atoms with Crippen molar-refractivity contribution in [3.8, 4) is 0 Å². The highest BCUT2D eigenvalue weighted by Gasteiger charge is 2.09. The van der Waals surface area contributed by atoms with Crippen LogP contribution in [0.15, 0.2) is 36.5 Å². The van der Waals surface area contributed by atoms with Gasteiger partial charge in [0, 0.05) is 18.3 Å². The molecule has 0 atom stereocenters. The van der Waals surface area contributed by atoms with Crippen molar-refractivity contribution in [3.63, 3.8) is 0 Å². The number of nitrogens with zero attached hydrogens (tertiary/aromatic N) is 1. The molecule has 2 N–H and O–H groups in total. The molecule has 0 fully saturated rings. The molecule has 0 amide bonds. The molecular formula is C10H13N3. The zero-order valence-corrected chi connectivity index (χ0v) is 7.62. The van der Waals surface area contributed by atoms with Crippen LogP contribution in [-0.2, 0) is 0 Å². The molecule has 3 heteroatoms. The topological polar surface area (TPSA) is 27.3 Å². The number of benzene rings is 1. The maximum atomic E-state index is 3.11. The Labute approximate surface area is 78.0 Å². The predicted octanol–water partition coefficient (Wildman–Crippen LogP) is 1.33. The Balaban J connectivity index is 2.19. The van der Waals surface area contributed by atoms with Crippen molar-refractivity contribution in [2.75, 3.05) is 6.54 Å². The smallest absolute Gasteiger partial charge is 0.0751 e.